The average molecular weight is 378 g/mol. The molecular weight excluding hydrogens is 370 g/mol. The lowest BCUT2D eigenvalue weighted by atomic mass is 10.2. The first-order valence-corrected chi connectivity index (χ1v) is 7.08. The zero-order valence-corrected chi connectivity index (χ0v) is 13.2. The molecule has 2 aromatic carbocycles. The highest BCUT2D eigenvalue weighted by molar-refractivity contribution is 6.40. The number of halogens is 5. The third-order valence-electron chi connectivity index (χ3n) is 2.80. The summed E-state index contributed by atoms with van der Waals surface area (Å²) in [5.74, 6) is -1.07. The second-order valence-corrected chi connectivity index (χ2v) is 5.28. The molecule has 0 spiro atoms. The van der Waals surface area contributed by atoms with E-state index in [1.807, 2.05) is 5.32 Å². The van der Waals surface area contributed by atoms with Crippen molar-refractivity contribution in [3.05, 3.63) is 63.6 Å². The van der Waals surface area contributed by atoms with Gasteiger partial charge in [-0.3, -0.25) is 10.1 Å². The van der Waals surface area contributed by atoms with Crippen molar-refractivity contribution in [1.29, 1.82) is 0 Å². The Kier molecular flexibility index (Phi) is 5.36. The van der Waals surface area contributed by atoms with Crippen LogP contribution in [-0.2, 0) is 6.18 Å². The van der Waals surface area contributed by atoms with Gasteiger partial charge in [-0.2, -0.15) is 13.2 Å². The number of hydrogen-bond acceptors (Lipinski definition) is 3. The number of rotatable bonds is 2. The standard InChI is InChI=1S/C15H8Cl2F3NO3/c16-10-2-1-3-11(17)12(10)13(22)21-14(23)24-9-6-4-8(5-7-9)15(18,19)20/h1-7H,(H,21,22,23). The molecule has 24 heavy (non-hydrogen) atoms. The summed E-state index contributed by atoms with van der Waals surface area (Å²) in [5.41, 5.74) is -1.01. The zero-order valence-electron chi connectivity index (χ0n) is 11.7. The number of carbonyl (C=O) groups excluding carboxylic acids is 2. The molecule has 9 heteroatoms. The topological polar surface area (TPSA) is 55.4 Å². The summed E-state index contributed by atoms with van der Waals surface area (Å²) < 4.78 is 42.0. The highest BCUT2D eigenvalue weighted by Gasteiger charge is 2.30. The highest BCUT2D eigenvalue weighted by Crippen LogP contribution is 2.30. The van der Waals surface area contributed by atoms with E-state index in [1.165, 1.54) is 18.2 Å². The van der Waals surface area contributed by atoms with Gasteiger partial charge in [0.2, 0.25) is 0 Å². The molecule has 0 aliphatic rings. The van der Waals surface area contributed by atoms with Crippen molar-refractivity contribution in [2.75, 3.05) is 0 Å². The molecule has 0 saturated carbocycles. The van der Waals surface area contributed by atoms with E-state index < -0.39 is 23.7 Å². The van der Waals surface area contributed by atoms with Gasteiger partial charge in [-0.25, -0.2) is 4.79 Å². The number of ether oxygens (including phenoxy) is 1. The monoisotopic (exact) mass is 377 g/mol. The third-order valence-corrected chi connectivity index (χ3v) is 3.43. The smallest absolute Gasteiger partial charge is 0.410 e. The van der Waals surface area contributed by atoms with E-state index in [9.17, 15) is 22.8 Å². The van der Waals surface area contributed by atoms with E-state index in [1.54, 1.807) is 0 Å². The van der Waals surface area contributed by atoms with Gasteiger partial charge in [0.25, 0.3) is 5.91 Å². The fourth-order valence-electron chi connectivity index (χ4n) is 1.71. The van der Waals surface area contributed by atoms with Crippen molar-refractivity contribution in [1.82, 2.24) is 5.32 Å². The van der Waals surface area contributed by atoms with Crippen LogP contribution in [0.5, 0.6) is 5.75 Å². The van der Waals surface area contributed by atoms with Gasteiger partial charge >= 0.3 is 12.3 Å². The van der Waals surface area contributed by atoms with Crippen LogP contribution in [0, 0.1) is 0 Å². The number of alkyl halides is 3. The Morgan fingerprint density at radius 2 is 1.50 bits per heavy atom. The quantitative estimate of drug-likeness (QED) is 0.806. The van der Waals surface area contributed by atoms with Crippen LogP contribution in [0.1, 0.15) is 15.9 Å². The Hall–Kier alpha value is -2.25. The molecule has 0 aliphatic heterocycles. The Morgan fingerprint density at radius 3 is 2.00 bits per heavy atom. The molecular formula is C15H8Cl2F3NO3. The first kappa shape index (κ1) is 18.1. The van der Waals surface area contributed by atoms with Crippen LogP contribution < -0.4 is 10.1 Å². The molecule has 1 N–H and O–H groups in total. The van der Waals surface area contributed by atoms with Crippen LogP contribution in [0.4, 0.5) is 18.0 Å². The van der Waals surface area contributed by atoms with Crippen LogP contribution in [0.2, 0.25) is 10.0 Å². The molecule has 0 fully saturated rings. The lowest BCUT2D eigenvalue weighted by Gasteiger charge is -2.09. The van der Waals surface area contributed by atoms with Crippen LogP contribution in [0.25, 0.3) is 0 Å². The molecule has 2 rings (SSSR count). The maximum absolute atomic E-state index is 12.4. The summed E-state index contributed by atoms with van der Waals surface area (Å²) in [6.07, 6.45) is -5.69. The minimum absolute atomic E-state index is 0.0299. The molecule has 126 valence electrons. The number of amides is 2. The second kappa shape index (κ2) is 7.11. The molecule has 0 aromatic heterocycles. The molecule has 0 atom stereocenters. The van der Waals surface area contributed by atoms with Crippen molar-refractivity contribution in [3.8, 4) is 5.75 Å². The Balaban J connectivity index is 2.04. The summed E-state index contributed by atoms with van der Waals surface area (Å²) >= 11 is 11.6. The number of imide groups is 1. The largest absolute Gasteiger partial charge is 0.419 e. The SMILES string of the molecule is O=C(NC(=O)c1c(Cl)cccc1Cl)Oc1ccc(C(F)(F)F)cc1. The molecule has 2 aromatic rings. The van der Waals surface area contributed by atoms with Crippen LogP contribution in [0.3, 0.4) is 0 Å². The van der Waals surface area contributed by atoms with Gasteiger partial charge in [-0.05, 0) is 36.4 Å². The van der Waals surface area contributed by atoms with Crippen molar-refractivity contribution in [2.24, 2.45) is 0 Å². The summed E-state index contributed by atoms with van der Waals surface area (Å²) in [4.78, 5) is 23.6. The fraction of sp³-hybridized carbons (Fsp3) is 0.0667. The summed E-state index contributed by atoms with van der Waals surface area (Å²) in [6, 6.07) is 7.73. The number of hydrogen-bond donors (Lipinski definition) is 1. The molecule has 0 heterocycles. The predicted octanol–water partition coefficient (Wildman–Crippen LogP) is 4.94. The molecule has 0 radical (unpaired) electrons. The van der Waals surface area contributed by atoms with Crippen molar-refractivity contribution in [2.45, 2.75) is 6.18 Å². The van der Waals surface area contributed by atoms with Gasteiger partial charge < -0.3 is 4.74 Å². The first-order valence-electron chi connectivity index (χ1n) is 6.33. The van der Waals surface area contributed by atoms with Crippen LogP contribution >= 0.6 is 23.2 Å². The number of carbonyl (C=O) groups is 2. The fourth-order valence-corrected chi connectivity index (χ4v) is 2.28. The van der Waals surface area contributed by atoms with E-state index in [4.69, 9.17) is 27.9 Å². The average Bonchev–Trinajstić information content (AvgIpc) is 2.46. The van der Waals surface area contributed by atoms with Crippen molar-refractivity contribution >= 4 is 35.2 Å². The molecule has 0 unspecified atom stereocenters. The van der Waals surface area contributed by atoms with Crippen LogP contribution in [-0.4, -0.2) is 12.0 Å². The molecule has 0 aliphatic carbocycles. The van der Waals surface area contributed by atoms with Crippen molar-refractivity contribution in [3.63, 3.8) is 0 Å². The van der Waals surface area contributed by atoms with E-state index in [0.717, 1.165) is 24.3 Å². The lowest BCUT2D eigenvalue weighted by Crippen LogP contribution is -2.33. The van der Waals surface area contributed by atoms with Gasteiger partial charge in [-0.15, -0.1) is 0 Å². The van der Waals surface area contributed by atoms with Gasteiger partial charge in [0.15, 0.2) is 0 Å². The molecule has 2 amide bonds. The summed E-state index contributed by atoms with van der Waals surface area (Å²) in [6.45, 7) is 0. The Bertz CT molecular complexity index is 756. The summed E-state index contributed by atoms with van der Waals surface area (Å²) in [5, 5.41) is 1.94. The van der Waals surface area contributed by atoms with E-state index in [0.29, 0.717) is 0 Å². The molecule has 4 nitrogen and oxygen atoms in total. The normalized spacial score (nSPS) is 11.0. The number of nitrogens with one attached hydrogen (secondary N) is 1. The lowest BCUT2D eigenvalue weighted by molar-refractivity contribution is -0.137. The van der Waals surface area contributed by atoms with Gasteiger partial charge in [-0.1, -0.05) is 29.3 Å². The summed E-state index contributed by atoms with van der Waals surface area (Å²) in [7, 11) is 0. The van der Waals surface area contributed by atoms with Crippen molar-refractivity contribution < 1.29 is 27.5 Å². The number of benzene rings is 2. The third kappa shape index (κ3) is 4.39. The van der Waals surface area contributed by atoms with E-state index in [-0.39, 0.29) is 21.4 Å². The highest BCUT2D eigenvalue weighted by atomic mass is 35.5. The van der Waals surface area contributed by atoms with Crippen LogP contribution in [0.15, 0.2) is 42.5 Å². The van der Waals surface area contributed by atoms with Gasteiger partial charge in [0.1, 0.15) is 5.75 Å². The predicted molar refractivity (Wildman–Crippen MR) is 81.4 cm³/mol. The maximum atomic E-state index is 12.4. The zero-order chi connectivity index (χ0) is 17.9. The second-order valence-electron chi connectivity index (χ2n) is 4.46. The van der Waals surface area contributed by atoms with E-state index >= 15 is 0 Å². The Morgan fingerprint density at radius 1 is 0.958 bits per heavy atom. The molecule has 0 saturated heterocycles. The maximum Gasteiger partial charge on any atom is 0.419 e. The van der Waals surface area contributed by atoms with Gasteiger partial charge in [0.05, 0.1) is 21.2 Å². The first-order chi connectivity index (χ1) is 11.2. The van der Waals surface area contributed by atoms with Gasteiger partial charge in [0, 0.05) is 0 Å². The minimum atomic E-state index is -4.50. The minimum Gasteiger partial charge on any atom is -0.410 e. The Labute approximate surface area is 144 Å². The van der Waals surface area contributed by atoms with E-state index in [2.05, 4.69) is 0 Å². The molecule has 0 bridgehead atoms.